The summed E-state index contributed by atoms with van der Waals surface area (Å²) in [4.78, 5) is 12.9. The van der Waals surface area contributed by atoms with E-state index in [1.165, 1.54) is 26.2 Å². The van der Waals surface area contributed by atoms with Crippen molar-refractivity contribution in [3.05, 3.63) is 59.7 Å². The van der Waals surface area contributed by atoms with E-state index < -0.39 is 10.0 Å². The van der Waals surface area contributed by atoms with Crippen molar-refractivity contribution in [3.63, 3.8) is 0 Å². The van der Waals surface area contributed by atoms with E-state index in [0.29, 0.717) is 11.5 Å². The van der Waals surface area contributed by atoms with Crippen LogP contribution in [0.15, 0.2) is 53.4 Å². The summed E-state index contributed by atoms with van der Waals surface area (Å²) in [6.07, 6.45) is 0.758. The lowest BCUT2D eigenvalue weighted by atomic mass is 9.96. The van der Waals surface area contributed by atoms with Crippen LogP contribution in [0.1, 0.15) is 42.2 Å². The summed E-state index contributed by atoms with van der Waals surface area (Å²) in [7, 11) is 0.933. The van der Waals surface area contributed by atoms with Gasteiger partial charge in [-0.1, -0.05) is 32.0 Å². The van der Waals surface area contributed by atoms with Crippen molar-refractivity contribution >= 4 is 15.9 Å². The van der Waals surface area contributed by atoms with Gasteiger partial charge in [0.25, 0.3) is 5.91 Å². The number of methoxy groups -OCH3 is 1. The van der Waals surface area contributed by atoms with E-state index >= 15 is 0 Å². The lowest BCUT2D eigenvalue weighted by Gasteiger charge is -2.22. The minimum absolute atomic E-state index is 0.0926. The fraction of sp³-hybridized carbons (Fsp3) is 0.381. The van der Waals surface area contributed by atoms with Gasteiger partial charge in [-0.05, 0) is 48.2 Å². The molecule has 0 aliphatic rings. The summed E-state index contributed by atoms with van der Waals surface area (Å²) in [6, 6.07) is 13.5. The third-order valence-electron chi connectivity index (χ3n) is 4.41. The number of carbonyl (C=O) groups is 1. The fourth-order valence-electron chi connectivity index (χ4n) is 2.84. The Kier molecular flexibility index (Phi) is 7.21. The van der Waals surface area contributed by atoms with Gasteiger partial charge < -0.3 is 10.1 Å². The standard InChI is InChI=1S/C21H28N2O4S/c1-15(2)13-20(16-9-11-18(27-5)12-10-16)22-21(24)17-7-6-8-19(14-17)28(25,26)23(3)4/h6-12,14-15,20H,13H2,1-5H3,(H,22,24)/t20-/m0/s1. The molecule has 1 N–H and O–H groups in total. The van der Waals surface area contributed by atoms with Crippen molar-refractivity contribution in [2.24, 2.45) is 5.92 Å². The largest absolute Gasteiger partial charge is 0.497 e. The average Bonchev–Trinajstić information content (AvgIpc) is 2.67. The maximum absolute atomic E-state index is 12.8. The zero-order valence-electron chi connectivity index (χ0n) is 17.0. The number of benzene rings is 2. The number of hydrogen-bond donors (Lipinski definition) is 1. The Bertz CT molecular complexity index is 906. The highest BCUT2D eigenvalue weighted by Crippen LogP contribution is 2.24. The third kappa shape index (κ3) is 5.33. The molecular weight excluding hydrogens is 376 g/mol. The number of ether oxygens (including phenoxy) is 1. The van der Waals surface area contributed by atoms with Crippen LogP contribution in [0.25, 0.3) is 0 Å². The molecule has 0 saturated carbocycles. The van der Waals surface area contributed by atoms with Crippen LogP contribution in [0.4, 0.5) is 0 Å². The van der Waals surface area contributed by atoms with Gasteiger partial charge in [-0.25, -0.2) is 12.7 Å². The second-order valence-electron chi connectivity index (χ2n) is 7.24. The van der Waals surface area contributed by atoms with E-state index in [0.717, 1.165) is 22.0 Å². The maximum atomic E-state index is 12.8. The normalized spacial score (nSPS) is 12.8. The fourth-order valence-corrected chi connectivity index (χ4v) is 3.78. The molecule has 0 saturated heterocycles. The number of nitrogens with zero attached hydrogens (tertiary/aromatic N) is 1. The molecule has 0 fully saturated rings. The lowest BCUT2D eigenvalue weighted by Crippen LogP contribution is -2.30. The molecule has 0 heterocycles. The minimum Gasteiger partial charge on any atom is -0.497 e. The molecule has 6 nitrogen and oxygen atoms in total. The Hall–Kier alpha value is -2.38. The number of rotatable bonds is 8. The summed E-state index contributed by atoms with van der Waals surface area (Å²) < 4.78 is 31.0. The van der Waals surface area contributed by atoms with E-state index in [-0.39, 0.29) is 16.8 Å². The Balaban J connectivity index is 2.28. The van der Waals surface area contributed by atoms with Crippen molar-refractivity contribution in [2.75, 3.05) is 21.2 Å². The molecule has 2 aromatic carbocycles. The van der Waals surface area contributed by atoms with Crippen LogP contribution in [-0.4, -0.2) is 39.8 Å². The second kappa shape index (κ2) is 9.21. The number of amides is 1. The lowest BCUT2D eigenvalue weighted by molar-refractivity contribution is 0.0931. The number of sulfonamides is 1. The first-order valence-corrected chi connectivity index (χ1v) is 10.6. The predicted molar refractivity (Wildman–Crippen MR) is 110 cm³/mol. The molecule has 0 bridgehead atoms. The highest BCUT2D eigenvalue weighted by atomic mass is 32.2. The summed E-state index contributed by atoms with van der Waals surface area (Å²) in [6.45, 7) is 4.18. The summed E-state index contributed by atoms with van der Waals surface area (Å²) in [5, 5.41) is 3.04. The van der Waals surface area contributed by atoms with E-state index in [9.17, 15) is 13.2 Å². The Morgan fingerprint density at radius 2 is 1.75 bits per heavy atom. The number of carbonyl (C=O) groups excluding carboxylic acids is 1. The second-order valence-corrected chi connectivity index (χ2v) is 9.40. The van der Waals surface area contributed by atoms with Crippen LogP contribution < -0.4 is 10.1 Å². The van der Waals surface area contributed by atoms with Crippen LogP contribution in [0.5, 0.6) is 5.75 Å². The summed E-state index contributed by atoms with van der Waals surface area (Å²) in [5.74, 6) is 0.810. The first-order valence-electron chi connectivity index (χ1n) is 9.12. The van der Waals surface area contributed by atoms with Crippen molar-refractivity contribution in [3.8, 4) is 5.75 Å². The summed E-state index contributed by atoms with van der Waals surface area (Å²) >= 11 is 0. The third-order valence-corrected chi connectivity index (χ3v) is 6.22. The van der Waals surface area contributed by atoms with Crippen LogP contribution in [0.2, 0.25) is 0 Å². The van der Waals surface area contributed by atoms with Gasteiger partial charge in [-0.15, -0.1) is 0 Å². The van der Waals surface area contributed by atoms with Crippen LogP contribution in [-0.2, 0) is 10.0 Å². The van der Waals surface area contributed by atoms with Gasteiger partial charge in [0.15, 0.2) is 0 Å². The van der Waals surface area contributed by atoms with Crippen molar-refractivity contribution in [1.29, 1.82) is 0 Å². The van der Waals surface area contributed by atoms with E-state index in [1.54, 1.807) is 19.2 Å². The molecule has 2 aromatic rings. The molecule has 1 amide bonds. The van der Waals surface area contributed by atoms with E-state index in [2.05, 4.69) is 19.2 Å². The van der Waals surface area contributed by atoms with Gasteiger partial charge in [-0.3, -0.25) is 4.79 Å². The van der Waals surface area contributed by atoms with Crippen LogP contribution >= 0.6 is 0 Å². The van der Waals surface area contributed by atoms with Crippen LogP contribution in [0, 0.1) is 5.92 Å². The molecule has 152 valence electrons. The Labute approximate surface area is 167 Å². The quantitative estimate of drug-likeness (QED) is 0.731. The summed E-state index contributed by atoms with van der Waals surface area (Å²) in [5.41, 5.74) is 1.28. The van der Waals surface area contributed by atoms with Gasteiger partial charge in [0.05, 0.1) is 18.0 Å². The average molecular weight is 405 g/mol. The van der Waals surface area contributed by atoms with Crippen molar-refractivity contribution < 1.29 is 17.9 Å². The van der Waals surface area contributed by atoms with Crippen molar-refractivity contribution in [2.45, 2.75) is 31.2 Å². The topological polar surface area (TPSA) is 75.7 Å². The molecule has 0 unspecified atom stereocenters. The molecule has 0 radical (unpaired) electrons. The molecule has 7 heteroatoms. The molecular formula is C21H28N2O4S. The van der Waals surface area contributed by atoms with Gasteiger partial charge in [-0.2, -0.15) is 0 Å². The molecule has 0 aliphatic heterocycles. The maximum Gasteiger partial charge on any atom is 0.251 e. The van der Waals surface area contributed by atoms with Gasteiger partial charge in [0.1, 0.15) is 5.75 Å². The number of nitrogens with one attached hydrogen (secondary N) is 1. The predicted octanol–water partition coefficient (Wildman–Crippen LogP) is 3.46. The molecule has 0 aromatic heterocycles. The number of hydrogen-bond acceptors (Lipinski definition) is 4. The van der Waals surface area contributed by atoms with Crippen LogP contribution in [0.3, 0.4) is 0 Å². The van der Waals surface area contributed by atoms with E-state index in [4.69, 9.17) is 4.74 Å². The SMILES string of the molecule is COc1ccc([C@H](CC(C)C)NC(=O)c2cccc(S(=O)(=O)N(C)C)c2)cc1. The first kappa shape index (κ1) is 21.9. The first-order chi connectivity index (χ1) is 13.1. The smallest absolute Gasteiger partial charge is 0.251 e. The monoisotopic (exact) mass is 404 g/mol. The Morgan fingerprint density at radius 3 is 2.29 bits per heavy atom. The molecule has 2 rings (SSSR count). The minimum atomic E-state index is -3.60. The van der Waals surface area contributed by atoms with Crippen molar-refractivity contribution in [1.82, 2.24) is 9.62 Å². The molecule has 1 atom stereocenters. The highest BCUT2D eigenvalue weighted by Gasteiger charge is 2.21. The zero-order chi connectivity index (χ0) is 20.9. The van der Waals surface area contributed by atoms with E-state index in [1.807, 2.05) is 24.3 Å². The molecule has 0 spiro atoms. The van der Waals surface area contributed by atoms with Gasteiger partial charge >= 0.3 is 0 Å². The Morgan fingerprint density at radius 1 is 1.11 bits per heavy atom. The van der Waals surface area contributed by atoms with Gasteiger partial charge in [0.2, 0.25) is 10.0 Å². The highest BCUT2D eigenvalue weighted by molar-refractivity contribution is 7.89. The zero-order valence-corrected chi connectivity index (χ0v) is 17.8. The molecule has 28 heavy (non-hydrogen) atoms. The molecule has 0 aliphatic carbocycles. The van der Waals surface area contributed by atoms with Gasteiger partial charge in [0, 0.05) is 19.7 Å².